The molecule has 1 amide bonds. The number of carbonyl (C=O) groups is 1. The van der Waals surface area contributed by atoms with E-state index in [2.05, 4.69) is 11.6 Å². The average Bonchev–Trinajstić information content (AvgIpc) is 2.86. The van der Waals surface area contributed by atoms with E-state index in [4.69, 9.17) is 16.3 Å². The Morgan fingerprint density at radius 1 is 1.29 bits per heavy atom. The first-order valence-electron chi connectivity index (χ1n) is 11.0. The lowest BCUT2D eigenvalue weighted by molar-refractivity contribution is -0.126. The molecule has 1 aromatic heterocycles. The molecule has 2 aromatic carbocycles. The number of hydrogen-bond donors (Lipinski definition) is 2. The zero-order chi connectivity index (χ0) is 24.9. The number of amides is 1. The number of ether oxygens (including phenoxy) is 1. The summed E-state index contributed by atoms with van der Waals surface area (Å²) in [6, 6.07) is 4.75. The first-order valence-corrected chi connectivity index (χ1v) is 11.4. The molecule has 1 fully saturated rings. The molecule has 0 aliphatic carbocycles. The van der Waals surface area contributed by atoms with Crippen LogP contribution in [0.1, 0.15) is 6.04 Å². The van der Waals surface area contributed by atoms with Crippen LogP contribution in [0.2, 0.25) is 5.02 Å². The van der Waals surface area contributed by atoms with Crippen molar-refractivity contribution in [3.05, 3.63) is 58.2 Å². The van der Waals surface area contributed by atoms with Gasteiger partial charge in [-0.05, 0) is 24.3 Å². The number of anilines is 1. The Balaban J connectivity index is 1.74. The Morgan fingerprint density at radius 2 is 2.03 bits per heavy atom. The van der Waals surface area contributed by atoms with Gasteiger partial charge in [0.05, 0.1) is 34.3 Å². The second kappa shape index (κ2) is 8.86. The van der Waals surface area contributed by atoms with Crippen LogP contribution in [0.15, 0.2) is 41.7 Å². The van der Waals surface area contributed by atoms with Crippen LogP contribution in [-0.2, 0) is 4.79 Å². The Morgan fingerprint density at radius 3 is 2.69 bits per heavy atom. The fraction of sp³-hybridized carbons (Fsp3) is 0.292. The van der Waals surface area contributed by atoms with E-state index in [1.165, 1.54) is 28.8 Å². The lowest BCUT2D eigenvalue weighted by Crippen LogP contribution is -2.49. The van der Waals surface area contributed by atoms with Gasteiger partial charge in [0.15, 0.2) is 5.75 Å². The predicted molar refractivity (Wildman–Crippen MR) is 129 cm³/mol. The summed E-state index contributed by atoms with van der Waals surface area (Å²) in [4.78, 5) is 33.0. The Bertz CT molecular complexity index is 1400. The van der Waals surface area contributed by atoms with E-state index in [-0.39, 0.29) is 46.8 Å². The van der Waals surface area contributed by atoms with E-state index in [0.717, 1.165) is 0 Å². The lowest BCUT2D eigenvalue weighted by atomic mass is 9.99. The smallest absolute Gasteiger partial charge is 0.350 e. The standard InChI is InChI=1S/C24H22ClFN4O5/c1-2-18(33)28-6-8-29(9-7-28)23-14-10-15(25)19(20-16(26)4-3-5-17(20)32)22-21(14)30(24(34)27-23)13(11-31)12-35-22/h2-5,10,13,31-32H,1,6-9,11-12H2/t13-/m1/s1. The molecule has 0 saturated carbocycles. The van der Waals surface area contributed by atoms with Crippen LogP contribution in [0.4, 0.5) is 10.2 Å². The predicted octanol–water partition coefficient (Wildman–Crippen LogP) is 2.32. The van der Waals surface area contributed by atoms with E-state index < -0.39 is 17.5 Å². The van der Waals surface area contributed by atoms with Crippen molar-refractivity contribution in [2.75, 3.05) is 44.3 Å². The summed E-state index contributed by atoms with van der Waals surface area (Å²) in [5.41, 5.74) is -0.340. The quantitative estimate of drug-likeness (QED) is 0.529. The largest absolute Gasteiger partial charge is 0.507 e. The number of nitrogens with zero attached hydrogens (tertiary/aromatic N) is 4. The highest BCUT2D eigenvalue weighted by Crippen LogP contribution is 2.49. The van der Waals surface area contributed by atoms with Gasteiger partial charge in [0.25, 0.3) is 0 Å². The third-order valence-electron chi connectivity index (χ3n) is 6.40. The summed E-state index contributed by atoms with van der Waals surface area (Å²) in [6.45, 7) is 4.73. The van der Waals surface area contributed by atoms with Crippen LogP contribution in [0.25, 0.3) is 22.0 Å². The number of aromatic hydroxyl groups is 1. The van der Waals surface area contributed by atoms with E-state index >= 15 is 0 Å². The van der Waals surface area contributed by atoms with Crippen molar-refractivity contribution >= 4 is 34.2 Å². The molecule has 9 nitrogen and oxygen atoms in total. The molecule has 0 bridgehead atoms. The molecule has 5 rings (SSSR count). The molecule has 1 saturated heterocycles. The second-order valence-corrected chi connectivity index (χ2v) is 8.75. The highest BCUT2D eigenvalue weighted by Gasteiger charge is 2.33. The van der Waals surface area contributed by atoms with Gasteiger partial charge in [-0.2, -0.15) is 4.98 Å². The molecule has 182 valence electrons. The zero-order valence-electron chi connectivity index (χ0n) is 18.6. The van der Waals surface area contributed by atoms with Crippen molar-refractivity contribution in [1.82, 2.24) is 14.5 Å². The first-order chi connectivity index (χ1) is 16.8. The van der Waals surface area contributed by atoms with Gasteiger partial charge < -0.3 is 24.7 Å². The summed E-state index contributed by atoms with van der Waals surface area (Å²) in [7, 11) is 0. The number of halogens is 2. The highest BCUT2D eigenvalue weighted by molar-refractivity contribution is 6.35. The molecular weight excluding hydrogens is 479 g/mol. The van der Waals surface area contributed by atoms with Crippen LogP contribution in [0.3, 0.4) is 0 Å². The van der Waals surface area contributed by atoms with Gasteiger partial charge in [0, 0.05) is 31.6 Å². The Hall–Kier alpha value is -3.63. The molecular formula is C24H22ClFN4O5. The van der Waals surface area contributed by atoms with Crippen LogP contribution in [0.5, 0.6) is 11.5 Å². The summed E-state index contributed by atoms with van der Waals surface area (Å²) >= 11 is 6.64. The number of phenolic OH excluding ortho intramolecular Hbond substituents is 1. The van der Waals surface area contributed by atoms with E-state index in [0.29, 0.717) is 42.9 Å². The molecule has 2 aliphatic heterocycles. The maximum atomic E-state index is 14.8. The number of aliphatic hydroxyl groups is 1. The molecule has 0 radical (unpaired) electrons. The summed E-state index contributed by atoms with van der Waals surface area (Å²) in [6.07, 6.45) is 1.26. The number of benzene rings is 2. The molecule has 11 heteroatoms. The van der Waals surface area contributed by atoms with Gasteiger partial charge in [-0.15, -0.1) is 0 Å². The monoisotopic (exact) mass is 500 g/mol. The number of aliphatic hydroxyl groups excluding tert-OH is 1. The third-order valence-corrected chi connectivity index (χ3v) is 6.70. The van der Waals surface area contributed by atoms with Crippen LogP contribution in [0, 0.1) is 5.82 Å². The molecule has 35 heavy (non-hydrogen) atoms. The molecule has 0 spiro atoms. The Kier molecular flexibility index (Phi) is 5.86. The van der Waals surface area contributed by atoms with Crippen molar-refractivity contribution in [2.24, 2.45) is 0 Å². The topological polar surface area (TPSA) is 108 Å². The Labute approximate surface area is 204 Å². The fourth-order valence-corrected chi connectivity index (χ4v) is 4.99. The maximum absolute atomic E-state index is 14.8. The zero-order valence-corrected chi connectivity index (χ0v) is 19.3. The summed E-state index contributed by atoms with van der Waals surface area (Å²) in [5, 5.41) is 20.9. The van der Waals surface area contributed by atoms with Crippen molar-refractivity contribution in [1.29, 1.82) is 0 Å². The van der Waals surface area contributed by atoms with E-state index in [1.54, 1.807) is 11.0 Å². The third kappa shape index (κ3) is 3.69. The van der Waals surface area contributed by atoms with Crippen LogP contribution in [-0.4, -0.2) is 70.0 Å². The van der Waals surface area contributed by atoms with Crippen LogP contribution >= 0.6 is 11.6 Å². The van der Waals surface area contributed by atoms with Gasteiger partial charge in [0.2, 0.25) is 5.91 Å². The lowest BCUT2D eigenvalue weighted by Gasteiger charge is -2.36. The number of aromatic nitrogens is 2. The van der Waals surface area contributed by atoms with E-state index in [1.807, 2.05) is 4.90 Å². The van der Waals surface area contributed by atoms with Crippen molar-refractivity contribution in [2.45, 2.75) is 6.04 Å². The number of phenols is 1. The number of rotatable bonds is 4. The molecule has 0 unspecified atom stereocenters. The summed E-state index contributed by atoms with van der Waals surface area (Å²) < 4.78 is 22.1. The molecule has 2 N–H and O–H groups in total. The van der Waals surface area contributed by atoms with Gasteiger partial charge in [-0.25, -0.2) is 9.18 Å². The molecule has 2 aliphatic rings. The van der Waals surface area contributed by atoms with Crippen LogP contribution < -0.4 is 15.3 Å². The van der Waals surface area contributed by atoms with Gasteiger partial charge in [-0.3, -0.25) is 9.36 Å². The second-order valence-electron chi connectivity index (χ2n) is 8.34. The number of carbonyl (C=O) groups excluding carboxylic acids is 1. The fourth-order valence-electron chi connectivity index (χ4n) is 4.70. The number of piperazine rings is 1. The highest BCUT2D eigenvalue weighted by atomic mass is 35.5. The summed E-state index contributed by atoms with van der Waals surface area (Å²) in [5.74, 6) is -0.741. The average molecular weight is 501 g/mol. The van der Waals surface area contributed by atoms with Gasteiger partial charge in [0.1, 0.15) is 24.0 Å². The minimum Gasteiger partial charge on any atom is -0.507 e. The molecule has 3 heterocycles. The first kappa shape index (κ1) is 23.1. The van der Waals surface area contributed by atoms with E-state index in [9.17, 15) is 24.2 Å². The van der Waals surface area contributed by atoms with Crippen molar-refractivity contribution < 1.29 is 24.1 Å². The molecule has 3 aromatic rings. The normalized spacial score (nSPS) is 17.4. The van der Waals surface area contributed by atoms with Crippen molar-refractivity contribution in [3.63, 3.8) is 0 Å². The SMILES string of the molecule is C=CC(=O)N1CCN(c2nc(=O)n3c4c(c(-c5c(O)cccc5F)c(Cl)cc24)OC[C@H]3CO)CC1. The van der Waals surface area contributed by atoms with Gasteiger partial charge >= 0.3 is 5.69 Å². The minimum absolute atomic E-state index is 0.0651. The minimum atomic E-state index is -0.707. The molecule has 1 atom stereocenters. The van der Waals surface area contributed by atoms with Crippen molar-refractivity contribution in [3.8, 4) is 22.6 Å². The van der Waals surface area contributed by atoms with Gasteiger partial charge in [-0.1, -0.05) is 24.2 Å². The number of hydrogen-bond acceptors (Lipinski definition) is 7. The maximum Gasteiger partial charge on any atom is 0.350 e.